The van der Waals surface area contributed by atoms with E-state index in [2.05, 4.69) is 52.1 Å². The lowest BCUT2D eigenvalue weighted by Gasteiger charge is -2.23. The number of fused-ring (bicyclic) bond motifs is 1. The number of aromatic nitrogens is 4. The summed E-state index contributed by atoms with van der Waals surface area (Å²) in [5.41, 5.74) is 2.52. The second kappa shape index (κ2) is 18.4. The van der Waals surface area contributed by atoms with E-state index in [1.165, 1.54) is 11.0 Å². The quantitative estimate of drug-likeness (QED) is 0.0886. The number of carbonyl (C=O) groups excluding carboxylic acids is 2. The highest BCUT2D eigenvalue weighted by Gasteiger charge is 2.20. The lowest BCUT2D eigenvalue weighted by atomic mass is 9.78. The number of nitrogens with one attached hydrogen (secondary N) is 3. The van der Waals surface area contributed by atoms with E-state index in [0.29, 0.717) is 49.1 Å². The lowest BCUT2D eigenvalue weighted by molar-refractivity contribution is -0.135. The summed E-state index contributed by atoms with van der Waals surface area (Å²) in [5, 5.41) is 15.1. The summed E-state index contributed by atoms with van der Waals surface area (Å²) in [6, 6.07) is 5.41. The standard InChI is InChI=1S/C33H47BN9O3/c1-8-18-35-30-25(13-10-9-11-19-36-31(45)24(2)42(6)29(44)14-12-20-41(4)5)23-37-33(39-30)38-26-15-16-28-27(22-26)32(46-7)40-43(28)21-17-34-3/h12,14-16,22-24H,8-9,11,17-21H2,1-7H3,(H,36,45)(H2,35,37,38,39)/b14-12+/t24-/m0/s1. The molecule has 0 fully saturated rings. The zero-order valence-electron chi connectivity index (χ0n) is 28.2. The number of benzene rings is 1. The van der Waals surface area contributed by atoms with Crippen molar-refractivity contribution in [1.29, 1.82) is 0 Å². The van der Waals surface area contributed by atoms with Crippen molar-refractivity contribution in [3.05, 3.63) is 42.1 Å². The maximum Gasteiger partial charge on any atom is 0.246 e. The summed E-state index contributed by atoms with van der Waals surface area (Å²) < 4.78 is 7.48. The van der Waals surface area contributed by atoms with Crippen LogP contribution in [0.15, 0.2) is 36.5 Å². The molecule has 0 spiro atoms. The van der Waals surface area contributed by atoms with Gasteiger partial charge in [-0.3, -0.25) is 14.3 Å². The Hall–Kier alpha value is -4.57. The first-order chi connectivity index (χ1) is 22.2. The van der Waals surface area contributed by atoms with Crippen LogP contribution in [-0.2, 0) is 16.1 Å². The van der Waals surface area contributed by atoms with Gasteiger partial charge < -0.3 is 30.5 Å². The van der Waals surface area contributed by atoms with Crippen molar-refractivity contribution in [2.75, 3.05) is 58.5 Å². The zero-order chi connectivity index (χ0) is 33.5. The van der Waals surface area contributed by atoms with Gasteiger partial charge in [0.2, 0.25) is 23.6 Å². The molecule has 3 N–H and O–H groups in total. The number of hydrogen-bond donors (Lipinski definition) is 3. The third-order valence-electron chi connectivity index (χ3n) is 7.17. The Morgan fingerprint density at radius 2 is 2.02 bits per heavy atom. The molecule has 3 aromatic rings. The number of amides is 2. The smallest absolute Gasteiger partial charge is 0.246 e. The largest absolute Gasteiger partial charge is 0.479 e. The number of methoxy groups -OCH3 is 1. The van der Waals surface area contributed by atoms with Gasteiger partial charge in [-0.15, -0.1) is 5.10 Å². The Bertz CT molecular complexity index is 1540. The minimum atomic E-state index is -0.578. The first-order valence-electron chi connectivity index (χ1n) is 15.7. The Labute approximate surface area is 273 Å². The zero-order valence-corrected chi connectivity index (χ0v) is 28.2. The average molecular weight is 629 g/mol. The van der Waals surface area contributed by atoms with Gasteiger partial charge in [0, 0.05) is 51.4 Å². The molecular formula is C33H47BN9O3. The van der Waals surface area contributed by atoms with Gasteiger partial charge in [-0.25, -0.2) is 4.98 Å². The first-order valence-corrected chi connectivity index (χ1v) is 15.7. The van der Waals surface area contributed by atoms with Gasteiger partial charge in [0.15, 0.2) is 0 Å². The molecule has 1 radical (unpaired) electrons. The van der Waals surface area contributed by atoms with E-state index >= 15 is 0 Å². The average Bonchev–Trinajstić information content (AvgIpc) is 3.40. The monoisotopic (exact) mass is 628 g/mol. The van der Waals surface area contributed by atoms with E-state index in [1.807, 2.05) is 48.7 Å². The summed E-state index contributed by atoms with van der Waals surface area (Å²) in [5.74, 6) is 7.61. The van der Waals surface area contributed by atoms with Gasteiger partial charge in [-0.2, -0.15) is 4.98 Å². The van der Waals surface area contributed by atoms with Crippen LogP contribution in [0.4, 0.5) is 17.5 Å². The summed E-state index contributed by atoms with van der Waals surface area (Å²) in [7, 11) is 9.22. The molecule has 0 aliphatic carbocycles. The van der Waals surface area contributed by atoms with Gasteiger partial charge in [-0.05, 0) is 52.1 Å². The fourth-order valence-corrected chi connectivity index (χ4v) is 4.38. The maximum absolute atomic E-state index is 12.6. The molecule has 1 atom stereocenters. The van der Waals surface area contributed by atoms with Crippen molar-refractivity contribution in [1.82, 2.24) is 34.9 Å². The summed E-state index contributed by atoms with van der Waals surface area (Å²) in [6.45, 7) is 8.48. The predicted molar refractivity (Wildman–Crippen MR) is 186 cm³/mol. The van der Waals surface area contributed by atoms with Gasteiger partial charge in [-0.1, -0.05) is 38.0 Å². The van der Waals surface area contributed by atoms with Crippen LogP contribution in [0.1, 0.15) is 38.7 Å². The van der Waals surface area contributed by atoms with Crippen molar-refractivity contribution >= 4 is 47.5 Å². The van der Waals surface area contributed by atoms with Gasteiger partial charge in [0.05, 0.1) is 29.8 Å². The molecule has 12 nitrogen and oxygen atoms in total. The highest BCUT2D eigenvalue weighted by molar-refractivity contribution is 6.33. The number of carbonyl (C=O) groups is 2. The number of rotatable bonds is 17. The molecule has 0 bridgehead atoms. The fraction of sp³-hybridized carbons (Fsp3) is 0.485. The van der Waals surface area contributed by atoms with Crippen LogP contribution in [0.3, 0.4) is 0 Å². The first kappa shape index (κ1) is 35.9. The van der Waals surface area contributed by atoms with E-state index in [0.717, 1.165) is 42.4 Å². The molecule has 2 heterocycles. The Kier molecular flexibility index (Phi) is 14.4. The normalized spacial score (nSPS) is 11.7. The third-order valence-corrected chi connectivity index (χ3v) is 7.17. The van der Waals surface area contributed by atoms with E-state index in [9.17, 15) is 9.59 Å². The Morgan fingerprint density at radius 3 is 2.74 bits per heavy atom. The van der Waals surface area contributed by atoms with E-state index < -0.39 is 6.04 Å². The minimum absolute atomic E-state index is 0.200. The van der Waals surface area contributed by atoms with Gasteiger partial charge >= 0.3 is 0 Å². The second-order valence-electron chi connectivity index (χ2n) is 11.2. The topological polar surface area (TPSA) is 130 Å². The number of ether oxygens (including phenoxy) is 1. The van der Waals surface area contributed by atoms with Crippen LogP contribution >= 0.6 is 0 Å². The molecular weight excluding hydrogens is 581 g/mol. The fourth-order valence-electron chi connectivity index (χ4n) is 4.38. The predicted octanol–water partition coefficient (Wildman–Crippen LogP) is 3.78. The molecule has 46 heavy (non-hydrogen) atoms. The van der Waals surface area contributed by atoms with Gasteiger partial charge in [0.25, 0.3) is 0 Å². The van der Waals surface area contributed by atoms with Crippen LogP contribution < -0.4 is 20.7 Å². The highest BCUT2D eigenvalue weighted by Crippen LogP contribution is 2.29. The van der Waals surface area contributed by atoms with Crippen LogP contribution in [0.2, 0.25) is 13.1 Å². The summed E-state index contributed by atoms with van der Waals surface area (Å²) in [6.07, 6.45) is 8.09. The number of likely N-dealkylation sites (N-methyl/N-ethyl adjacent to an activating group) is 2. The maximum atomic E-state index is 12.6. The third kappa shape index (κ3) is 10.5. The molecule has 3 rings (SSSR count). The summed E-state index contributed by atoms with van der Waals surface area (Å²) in [4.78, 5) is 37.5. The van der Waals surface area contributed by atoms with Crippen LogP contribution in [0.5, 0.6) is 5.88 Å². The molecule has 245 valence electrons. The number of unbranched alkanes of at least 4 members (excludes halogenated alkanes) is 1. The molecule has 2 amide bonds. The number of aryl methyl sites for hydroxylation is 1. The Balaban J connectivity index is 1.59. The van der Waals surface area contributed by atoms with Crippen molar-refractivity contribution < 1.29 is 14.3 Å². The van der Waals surface area contributed by atoms with Crippen molar-refractivity contribution in [3.63, 3.8) is 0 Å². The minimum Gasteiger partial charge on any atom is -0.479 e. The van der Waals surface area contributed by atoms with Crippen molar-refractivity contribution in [3.8, 4) is 17.7 Å². The summed E-state index contributed by atoms with van der Waals surface area (Å²) >= 11 is 0. The van der Waals surface area contributed by atoms with Crippen molar-refractivity contribution in [2.45, 2.75) is 58.8 Å². The van der Waals surface area contributed by atoms with Crippen LogP contribution in [0.25, 0.3) is 10.9 Å². The number of hydrogen-bond acceptors (Lipinski definition) is 9. The molecule has 2 aromatic heterocycles. The number of nitrogens with zero attached hydrogens (tertiary/aromatic N) is 6. The van der Waals surface area contributed by atoms with E-state index in [1.54, 1.807) is 33.4 Å². The molecule has 1 aromatic carbocycles. The molecule has 0 saturated carbocycles. The van der Waals surface area contributed by atoms with Gasteiger partial charge in [0.1, 0.15) is 19.1 Å². The van der Waals surface area contributed by atoms with Crippen molar-refractivity contribution in [2.24, 2.45) is 0 Å². The van der Waals surface area contributed by atoms with Crippen LogP contribution in [0, 0.1) is 11.8 Å². The molecule has 0 aliphatic rings. The molecule has 0 saturated heterocycles. The molecule has 13 heteroatoms. The molecule has 0 aliphatic heterocycles. The highest BCUT2D eigenvalue weighted by atomic mass is 16.5. The van der Waals surface area contributed by atoms with Crippen LogP contribution in [-0.4, -0.2) is 103 Å². The molecule has 0 unspecified atom stereocenters. The van der Waals surface area contributed by atoms with E-state index in [-0.39, 0.29) is 11.8 Å². The SMILES string of the molecule is C[B]CCn1nc(OC)c2cc(Nc3ncc(C#CCCCNC(=O)[C@H](C)N(C)C(=O)/C=C/CN(C)C)c(NCCC)n3)ccc21. The lowest BCUT2D eigenvalue weighted by Crippen LogP contribution is -2.45. The Morgan fingerprint density at radius 1 is 1.22 bits per heavy atom. The number of anilines is 3. The second-order valence-corrected chi connectivity index (χ2v) is 11.2. The van der Waals surface area contributed by atoms with E-state index in [4.69, 9.17) is 9.72 Å².